The Bertz CT molecular complexity index is 1940. The first kappa shape index (κ1) is 27.5. The fraction of sp³-hybridized carbons (Fsp3) is 0.129. The lowest BCUT2D eigenvalue weighted by atomic mass is 9.92. The number of nitrogens with zero attached hydrogens (tertiary/aromatic N) is 5. The Morgan fingerprint density at radius 3 is 2.49 bits per heavy atom. The number of hydrogen-bond donors (Lipinski definition) is 3. The van der Waals surface area contributed by atoms with Gasteiger partial charge in [-0.15, -0.1) is 0 Å². The summed E-state index contributed by atoms with van der Waals surface area (Å²) in [5.74, 6) is -0.371. The Labute approximate surface area is 244 Å². The van der Waals surface area contributed by atoms with Gasteiger partial charge in [0.15, 0.2) is 17.2 Å². The van der Waals surface area contributed by atoms with Crippen LogP contribution in [0.1, 0.15) is 26.5 Å². The summed E-state index contributed by atoms with van der Waals surface area (Å²) in [6.07, 6.45) is 3.03. The standard InChI is InChI=1S/C31H26F2N8O2/c1-31(2,3)26-15-27(41(40-26)20-11-8-18(32)9-12-20)38-30(42)37-19-10-13-25(23(33)14-19)43-24-7-5-4-6-21(24)28-22-16-36-39-29(22)35-17-34-28/h4-17H,1-3H3,(H2,37,38,42)(H,34,35,36,39). The van der Waals surface area contributed by atoms with Gasteiger partial charge < -0.3 is 10.1 Å². The second kappa shape index (κ2) is 11.0. The highest BCUT2D eigenvalue weighted by Gasteiger charge is 2.22. The SMILES string of the molecule is CC(C)(C)c1cc(NC(=O)Nc2ccc(Oc3ccccc3-c3ncnc4[nH]ncc34)c(F)c2)n(-c2ccc(F)cc2)n1. The zero-order valence-corrected chi connectivity index (χ0v) is 23.4. The van der Waals surface area contributed by atoms with Crippen molar-refractivity contribution in [1.82, 2.24) is 29.9 Å². The molecule has 6 aromatic rings. The molecule has 0 spiro atoms. The monoisotopic (exact) mass is 580 g/mol. The number of benzene rings is 3. The number of carbonyl (C=O) groups excluding carboxylic acids is 1. The molecule has 0 fully saturated rings. The van der Waals surface area contributed by atoms with E-state index < -0.39 is 11.8 Å². The van der Waals surface area contributed by atoms with Crippen molar-refractivity contribution >= 4 is 28.6 Å². The number of fused-ring (bicyclic) bond motifs is 1. The topological polar surface area (TPSA) is 123 Å². The number of ether oxygens (including phenoxy) is 1. The van der Waals surface area contributed by atoms with Gasteiger partial charge in [0.2, 0.25) is 0 Å². The minimum atomic E-state index is -0.685. The third kappa shape index (κ3) is 5.75. The van der Waals surface area contributed by atoms with E-state index in [2.05, 4.69) is 35.9 Å². The van der Waals surface area contributed by atoms with Crippen LogP contribution in [0.2, 0.25) is 0 Å². The number of anilines is 2. The molecular formula is C31H26F2N8O2. The van der Waals surface area contributed by atoms with Crippen LogP contribution < -0.4 is 15.4 Å². The summed E-state index contributed by atoms with van der Waals surface area (Å²) < 4.78 is 36.2. The number of aromatic nitrogens is 6. The van der Waals surface area contributed by atoms with Crippen molar-refractivity contribution in [3.05, 3.63) is 103 Å². The highest BCUT2D eigenvalue weighted by atomic mass is 19.1. The molecule has 10 nitrogen and oxygen atoms in total. The van der Waals surface area contributed by atoms with Crippen LogP contribution in [0.15, 0.2) is 85.3 Å². The molecule has 3 heterocycles. The molecule has 0 saturated carbocycles. The van der Waals surface area contributed by atoms with Crippen molar-refractivity contribution in [3.8, 4) is 28.4 Å². The van der Waals surface area contributed by atoms with Gasteiger partial charge in [-0.1, -0.05) is 32.9 Å². The molecule has 12 heteroatoms. The summed E-state index contributed by atoms with van der Waals surface area (Å²) in [6, 6.07) is 18.1. The van der Waals surface area contributed by atoms with E-state index in [9.17, 15) is 9.18 Å². The van der Waals surface area contributed by atoms with Crippen LogP contribution in [-0.4, -0.2) is 36.0 Å². The van der Waals surface area contributed by atoms with E-state index in [1.807, 2.05) is 32.9 Å². The van der Waals surface area contributed by atoms with Crippen molar-refractivity contribution in [2.45, 2.75) is 26.2 Å². The maximum Gasteiger partial charge on any atom is 0.324 e. The number of amides is 2. The molecule has 0 aliphatic heterocycles. The van der Waals surface area contributed by atoms with Crippen LogP contribution in [0.4, 0.5) is 25.1 Å². The predicted octanol–water partition coefficient (Wildman–Crippen LogP) is 7.22. The molecule has 3 N–H and O–H groups in total. The smallest absolute Gasteiger partial charge is 0.324 e. The van der Waals surface area contributed by atoms with Crippen LogP contribution in [0.3, 0.4) is 0 Å². The molecule has 6 rings (SSSR count). The molecule has 0 aliphatic rings. The van der Waals surface area contributed by atoms with Gasteiger partial charge >= 0.3 is 6.03 Å². The van der Waals surface area contributed by atoms with Crippen molar-refractivity contribution in [3.63, 3.8) is 0 Å². The Balaban J connectivity index is 1.21. The lowest BCUT2D eigenvalue weighted by Gasteiger charge is -2.14. The van der Waals surface area contributed by atoms with Crippen molar-refractivity contribution in [1.29, 1.82) is 0 Å². The third-order valence-electron chi connectivity index (χ3n) is 6.59. The summed E-state index contributed by atoms with van der Waals surface area (Å²) in [4.78, 5) is 21.5. The summed E-state index contributed by atoms with van der Waals surface area (Å²) in [5, 5.41) is 17.5. The molecule has 216 valence electrons. The maximum absolute atomic E-state index is 15.2. The Morgan fingerprint density at radius 2 is 1.72 bits per heavy atom. The number of urea groups is 1. The Morgan fingerprint density at radius 1 is 0.930 bits per heavy atom. The number of hydrogen-bond acceptors (Lipinski definition) is 6. The zero-order valence-electron chi connectivity index (χ0n) is 23.4. The zero-order chi connectivity index (χ0) is 30.1. The first-order chi connectivity index (χ1) is 20.7. The average molecular weight is 581 g/mol. The summed E-state index contributed by atoms with van der Waals surface area (Å²) in [6.45, 7) is 5.97. The number of aromatic amines is 1. The number of halogens is 2. The first-order valence-electron chi connectivity index (χ1n) is 13.3. The number of H-pyrrole nitrogens is 1. The summed E-state index contributed by atoms with van der Waals surface area (Å²) >= 11 is 0. The van der Waals surface area contributed by atoms with E-state index in [1.165, 1.54) is 35.3 Å². The van der Waals surface area contributed by atoms with Gasteiger partial charge in [0.1, 0.15) is 23.7 Å². The van der Waals surface area contributed by atoms with E-state index in [-0.39, 0.29) is 22.7 Å². The summed E-state index contributed by atoms with van der Waals surface area (Å²) in [5.41, 5.74) is 2.95. The summed E-state index contributed by atoms with van der Waals surface area (Å²) in [7, 11) is 0. The second-order valence-electron chi connectivity index (χ2n) is 10.7. The third-order valence-corrected chi connectivity index (χ3v) is 6.59. The molecule has 43 heavy (non-hydrogen) atoms. The molecule has 0 bridgehead atoms. The van der Waals surface area contributed by atoms with Gasteiger partial charge in [-0.2, -0.15) is 10.2 Å². The fourth-order valence-electron chi connectivity index (χ4n) is 4.41. The second-order valence-corrected chi connectivity index (χ2v) is 10.7. The number of para-hydroxylation sites is 1. The van der Waals surface area contributed by atoms with Gasteiger partial charge in [-0.05, 0) is 48.5 Å². The van der Waals surface area contributed by atoms with Gasteiger partial charge in [0.05, 0.1) is 28.7 Å². The molecule has 3 aromatic heterocycles. The Hall–Kier alpha value is -5.65. The largest absolute Gasteiger partial charge is 0.454 e. The molecule has 0 atom stereocenters. The number of rotatable bonds is 6. The van der Waals surface area contributed by atoms with Crippen molar-refractivity contribution < 1.29 is 18.3 Å². The van der Waals surface area contributed by atoms with E-state index in [1.54, 1.807) is 36.5 Å². The van der Waals surface area contributed by atoms with Crippen LogP contribution >= 0.6 is 0 Å². The first-order valence-corrected chi connectivity index (χ1v) is 13.3. The normalized spacial score (nSPS) is 11.5. The van der Waals surface area contributed by atoms with Gasteiger partial charge in [-0.25, -0.2) is 28.2 Å². The van der Waals surface area contributed by atoms with Gasteiger partial charge in [0.25, 0.3) is 0 Å². The predicted molar refractivity (Wildman–Crippen MR) is 158 cm³/mol. The fourth-order valence-corrected chi connectivity index (χ4v) is 4.41. The van der Waals surface area contributed by atoms with E-state index in [4.69, 9.17) is 4.74 Å². The van der Waals surface area contributed by atoms with Gasteiger partial charge in [0, 0.05) is 28.8 Å². The minimum Gasteiger partial charge on any atom is -0.454 e. The average Bonchev–Trinajstić information content (AvgIpc) is 3.63. The van der Waals surface area contributed by atoms with Crippen LogP contribution in [0.25, 0.3) is 28.0 Å². The number of nitrogens with one attached hydrogen (secondary N) is 3. The van der Waals surface area contributed by atoms with Crippen molar-refractivity contribution in [2.75, 3.05) is 10.6 Å². The molecule has 0 unspecified atom stereocenters. The highest BCUT2D eigenvalue weighted by Crippen LogP contribution is 2.36. The van der Waals surface area contributed by atoms with Crippen LogP contribution in [-0.2, 0) is 5.41 Å². The van der Waals surface area contributed by atoms with Gasteiger partial charge in [-0.3, -0.25) is 10.4 Å². The molecular weight excluding hydrogens is 554 g/mol. The highest BCUT2D eigenvalue weighted by molar-refractivity contribution is 5.99. The van der Waals surface area contributed by atoms with Crippen LogP contribution in [0.5, 0.6) is 11.5 Å². The van der Waals surface area contributed by atoms with E-state index in [0.29, 0.717) is 39.5 Å². The van der Waals surface area contributed by atoms with Crippen LogP contribution in [0, 0.1) is 11.6 Å². The molecule has 2 amide bonds. The van der Waals surface area contributed by atoms with E-state index >= 15 is 4.39 Å². The lowest BCUT2D eigenvalue weighted by molar-refractivity contribution is 0.262. The number of carbonyl (C=O) groups is 1. The maximum atomic E-state index is 15.2. The molecule has 0 radical (unpaired) electrons. The molecule has 3 aromatic carbocycles. The molecule has 0 aliphatic carbocycles. The minimum absolute atomic E-state index is 0.0416. The quantitative estimate of drug-likeness (QED) is 0.191. The molecule has 0 saturated heterocycles. The lowest BCUT2D eigenvalue weighted by Crippen LogP contribution is -2.21. The van der Waals surface area contributed by atoms with E-state index in [0.717, 1.165) is 11.8 Å². The van der Waals surface area contributed by atoms with Crippen molar-refractivity contribution in [2.24, 2.45) is 0 Å². The Kier molecular flexibility index (Phi) is 7.02.